The van der Waals surface area contributed by atoms with Gasteiger partial charge in [-0.05, 0) is 42.7 Å². The second-order valence-corrected chi connectivity index (χ2v) is 5.57. The third-order valence-corrected chi connectivity index (χ3v) is 3.91. The van der Waals surface area contributed by atoms with E-state index in [-0.39, 0.29) is 0 Å². The van der Waals surface area contributed by atoms with E-state index in [1.807, 2.05) is 24.3 Å². The van der Waals surface area contributed by atoms with Crippen LogP contribution in [0.15, 0.2) is 42.5 Å². The van der Waals surface area contributed by atoms with Crippen LogP contribution in [-0.2, 0) is 0 Å². The molecule has 106 valence electrons. The Bertz CT molecular complexity index is 768. The predicted octanol–water partition coefficient (Wildman–Crippen LogP) is 4.60. The Labute approximate surface area is 128 Å². The SMILES string of the molecule is Cc1cccc(C)c1-c1[nH]nc(N)c1-c1ccc(Cl)cc1. The Morgan fingerprint density at radius 2 is 1.57 bits per heavy atom. The van der Waals surface area contributed by atoms with Gasteiger partial charge in [-0.3, -0.25) is 5.10 Å². The number of anilines is 1. The van der Waals surface area contributed by atoms with Gasteiger partial charge in [0.05, 0.1) is 11.3 Å². The number of nitrogens with one attached hydrogen (secondary N) is 1. The number of hydrogen-bond donors (Lipinski definition) is 2. The van der Waals surface area contributed by atoms with Crippen molar-refractivity contribution in [3.63, 3.8) is 0 Å². The predicted molar refractivity (Wildman–Crippen MR) is 88.4 cm³/mol. The van der Waals surface area contributed by atoms with E-state index in [4.69, 9.17) is 17.3 Å². The van der Waals surface area contributed by atoms with Crippen molar-refractivity contribution in [3.05, 3.63) is 58.6 Å². The van der Waals surface area contributed by atoms with Crippen LogP contribution in [-0.4, -0.2) is 10.2 Å². The largest absolute Gasteiger partial charge is 0.382 e. The molecule has 0 aliphatic carbocycles. The van der Waals surface area contributed by atoms with Crippen molar-refractivity contribution < 1.29 is 0 Å². The molecule has 3 N–H and O–H groups in total. The minimum atomic E-state index is 0.495. The van der Waals surface area contributed by atoms with Crippen molar-refractivity contribution >= 4 is 17.4 Å². The lowest BCUT2D eigenvalue weighted by molar-refractivity contribution is 1.10. The minimum Gasteiger partial charge on any atom is -0.382 e. The van der Waals surface area contributed by atoms with Gasteiger partial charge < -0.3 is 5.73 Å². The zero-order chi connectivity index (χ0) is 15.0. The fraction of sp³-hybridized carbons (Fsp3) is 0.118. The molecule has 1 heterocycles. The first-order chi connectivity index (χ1) is 10.1. The van der Waals surface area contributed by atoms with Gasteiger partial charge in [0.2, 0.25) is 0 Å². The zero-order valence-electron chi connectivity index (χ0n) is 11.9. The Kier molecular flexibility index (Phi) is 3.43. The molecule has 1 aromatic heterocycles. The highest BCUT2D eigenvalue weighted by atomic mass is 35.5. The minimum absolute atomic E-state index is 0.495. The maximum atomic E-state index is 6.07. The molecule has 0 amide bonds. The summed E-state index contributed by atoms with van der Waals surface area (Å²) in [5.41, 5.74) is 12.5. The van der Waals surface area contributed by atoms with Crippen molar-refractivity contribution in [2.45, 2.75) is 13.8 Å². The van der Waals surface area contributed by atoms with Crippen molar-refractivity contribution in [1.82, 2.24) is 10.2 Å². The Morgan fingerprint density at radius 3 is 2.19 bits per heavy atom. The van der Waals surface area contributed by atoms with E-state index in [9.17, 15) is 0 Å². The molecule has 3 nitrogen and oxygen atoms in total. The molecule has 0 radical (unpaired) electrons. The number of aromatic nitrogens is 2. The van der Waals surface area contributed by atoms with Crippen LogP contribution in [0.5, 0.6) is 0 Å². The monoisotopic (exact) mass is 297 g/mol. The van der Waals surface area contributed by atoms with Crippen LogP contribution in [0.4, 0.5) is 5.82 Å². The van der Waals surface area contributed by atoms with Crippen molar-refractivity contribution in [1.29, 1.82) is 0 Å². The maximum Gasteiger partial charge on any atom is 0.153 e. The first-order valence-corrected chi connectivity index (χ1v) is 7.12. The number of nitrogens with zero attached hydrogens (tertiary/aromatic N) is 1. The van der Waals surface area contributed by atoms with Gasteiger partial charge in [0.15, 0.2) is 5.82 Å². The summed E-state index contributed by atoms with van der Waals surface area (Å²) in [7, 11) is 0. The number of aromatic amines is 1. The molecule has 4 heteroatoms. The van der Waals surface area contributed by atoms with E-state index in [1.54, 1.807) is 0 Å². The quantitative estimate of drug-likeness (QED) is 0.726. The second-order valence-electron chi connectivity index (χ2n) is 5.13. The van der Waals surface area contributed by atoms with Gasteiger partial charge in [0, 0.05) is 10.6 Å². The molecule has 21 heavy (non-hydrogen) atoms. The van der Waals surface area contributed by atoms with E-state index < -0.39 is 0 Å². The molecule has 0 bridgehead atoms. The summed E-state index contributed by atoms with van der Waals surface area (Å²) in [6.07, 6.45) is 0. The maximum absolute atomic E-state index is 6.07. The molecule has 2 aromatic carbocycles. The first-order valence-electron chi connectivity index (χ1n) is 6.74. The normalized spacial score (nSPS) is 10.8. The lowest BCUT2D eigenvalue weighted by Crippen LogP contribution is -1.92. The van der Waals surface area contributed by atoms with Crippen LogP contribution in [0.1, 0.15) is 11.1 Å². The number of nitrogen functional groups attached to an aromatic ring is 1. The number of halogens is 1. The number of benzene rings is 2. The highest BCUT2D eigenvalue weighted by Gasteiger charge is 2.17. The summed E-state index contributed by atoms with van der Waals surface area (Å²) in [4.78, 5) is 0. The van der Waals surface area contributed by atoms with E-state index in [0.29, 0.717) is 10.8 Å². The average Bonchev–Trinajstić information content (AvgIpc) is 2.82. The van der Waals surface area contributed by atoms with Gasteiger partial charge in [-0.2, -0.15) is 5.10 Å². The number of H-pyrrole nitrogens is 1. The molecular formula is C17H16ClN3. The third-order valence-electron chi connectivity index (χ3n) is 3.66. The fourth-order valence-electron chi connectivity index (χ4n) is 2.65. The van der Waals surface area contributed by atoms with Gasteiger partial charge in [0.1, 0.15) is 0 Å². The molecular weight excluding hydrogens is 282 g/mol. The van der Waals surface area contributed by atoms with Gasteiger partial charge in [-0.15, -0.1) is 0 Å². The lowest BCUT2D eigenvalue weighted by atomic mass is 9.94. The molecule has 0 atom stereocenters. The number of nitrogens with two attached hydrogens (primary N) is 1. The molecule has 0 saturated carbocycles. The highest BCUT2D eigenvalue weighted by molar-refractivity contribution is 6.30. The molecule has 0 aliphatic rings. The molecule has 3 rings (SSSR count). The Balaban J connectivity index is 2.24. The van der Waals surface area contributed by atoms with Gasteiger partial charge in [0.25, 0.3) is 0 Å². The Hall–Kier alpha value is -2.26. The van der Waals surface area contributed by atoms with Gasteiger partial charge in [-0.1, -0.05) is 41.9 Å². The van der Waals surface area contributed by atoms with E-state index in [1.165, 1.54) is 11.1 Å². The van der Waals surface area contributed by atoms with Crippen molar-refractivity contribution in [2.24, 2.45) is 0 Å². The van der Waals surface area contributed by atoms with E-state index in [2.05, 4.69) is 42.2 Å². The molecule has 0 aliphatic heterocycles. The smallest absolute Gasteiger partial charge is 0.153 e. The molecule has 3 aromatic rings. The fourth-order valence-corrected chi connectivity index (χ4v) is 2.78. The van der Waals surface area contributed by atoms with E-state index >= 15 is 0 Å². The summed E-state index contributed by atoms with van der Waals surface area (Å²) in [6, 6.07) is 13.9. The number of rotatable bonds is 2. The third kappa shape index (κ3) is 2.41. The van der Waals surface area contributed by atoms with E-state index in [0.717, 1.165) is 22.4 Å². The standard InChI is InChI=1S/C17H16ClN3/c1-10-4-3-5-11(2)14(10)16-15(17(19)21-20-16)12-6-8-13(18)9-7-12/h3-9H,1-2H3,(H3,19,20,21). The molecule has 0 spiro atoms. The van der Waals surface area contributed by atoms with Crippen molar-refractivity contribution in [3.8, 4) is 22.4 Å². The number of hydrogen-bond acceptors (Lipinski definition) is 2. The number of aryl methyl sites for hydroxylation is 2. The summed E-state index contributed by atoms with van der Waals surface area (Å²) < 4.78 is 0. The van der Waals surface area contributed by atoms with Crippen LogP contribution in [0, 0.1) is 13.8 Å². The van der Waals surface area contributed by atoms with Crippen LogP contribution in [0.3, 0.4) is 0 Å². The van der Waals surface area contributed by atoms with Crippen molar-refractivity contribution in [2.75, 3.05) is 5.73 Å². The first kappa shape index (κ1) is 13.7. The Morgan fingerprint density at radius 1 is 0.952 bits per heavy atom. The summed E-state index contributed by atoms with van der Waals surface area (Å²) in [5.74, 6) is 0.495. The summed E-state index contributed by atoms with van der Waals surface area (Å²) >= 11 is 5.97. The van der Waals surface area contributed by atoms with Crippen LogP contribution in [0.2, 0.25) is 5.02 Å². The summed E-state index contributed by atoms with van der Waals surface area (Å²) in [5, 5.41) is 7.97. The van der Waals surface area contributed by atoms with Crippen LogP contribution < -0.4 is 5.73 Å². The molecule has 0 unspecified atom stereocenters. The summed E-state index contributed by atoms with van der Waals surface area (Å²) in [6.45, 7) is 4.18. The van der Waals surface area contributed by atoms with Crippen LogP contribution >= 0.6 is 11.6 Å². The topological polar surface area (TPSA) is 54.7 Å². The zero-order valence-corrected chi connectivity index (χ0v) is 12.7. The van der Waals surface area contributed by atoms with Gasteiger partial charge >= 0.3 is 0 Å². The van der Waals surface area contributed by atoms with Gasteiger partial charge in [-0.25, -0.2) is 0 Å². The van der Waals surface area contributed by atoms with Crippen LogP contribution in [0.25, 0.3) is 22.4 Å². The molecule has 0 saturated heterocycles. The lowest BCUT2D eigenvalue weighted by Gasteiger charge is -2.10. The molecule has 0 fully saturated rings. The second kappa shape index (κ2) is 5.26. The highest BCUT2D eigenvalue weighted by Crippen LogP contribution is 2.37. The average molecular weight is 298 g/mol.